The molecule has 7 nitrogen and oxygen atoms in total. The van der Waals surface area contributed by atoms with Crippen LogP contribution in [0.4, 0.5) is 5.69 Å². The summed E-state index contributed by atoms with van der Waals surface area (Å²) in [7, 11) is 0. The largest absolute Gasteiger partial charge is 0.422 e. The lowest BCUT2D eigenvalue weighted by atomic mass is 10.1. The molecule has 0 saturated heterocycles. The first kappa shape index (κ1) is 28.3. The minimum atomic E-state index is -0.685. The molecule has 4 aromatic carbocycles. The quantitative estimate of drug-likeness (QED) is 0.0934. The molecule has 0 aliphatic rings. The highest BCUT2D eigenvalue weighted by atomic mass is 79.9. The molecular formula is C28H17BrCl3N3O4. The first-order valence-electron chi connectivity index (χ1n) is 11.2. The average Bonchev–Trinajstić information content (AvgIpc) is 2.90. The maximum Gasteiger partial charge on any atom is 0.345 e. The van der Waals surface area contributed by atoms with Crippen molar-refractivity contribution in [2.24, 2.45) is 5.10 Å². The highest BCUT2D eigenvalue weighted by Crippen LogP contribution is 2.26. The Balaban J connectivity index is 1.43. The van der Waals surface area contributed by atoms with Gasteiger partial charge in [-0.15, -0.1) is 0 Å². The van der Waals surface area contributed by atoms with Crippen molar-refractivity contribution in [2.75, 3.05) is 5.32 Å². The van der Waals surface area contributed by atoms with Crippen molar-refractivity contribution >= 4 is 80.4 Å². The molecule has 39 heavy (non-hydrogen) atoms. The van der Waals surface area contributed by atoms with E-state index in [-0.39, 0.29) is 27.8 Å². The van der Waals surface area contributed by atoms with Gasteiger partial charge in [0, 0.05) is 36.9 Å². The maximum absolute atomic E-state index is 12.7. The number of carbonyl (C=O) groups is 3. The Bertz CT molecular complexity index is 1590. The lowest BCUT2D eigenvalue weighted by Gasteiger charge is -2.09. The number of anilines is 1. The van der Waals surface area contributed by atoms with E-state index in [4.69, 9.17) is 39.5 Å². The number of nitrogens with zero attached hydrogens (tertiary/aromatic N) is 1. The predicted octanol–water partition coefficient (Wildman–Crippen LogP) is 7.64. The third-order valence-corrected chi connectivity index (χ3v) is 6.48. The van der Waals surface area contributed by atoms with Crippen LogP contribution < -0.4 is 15.5 Å². The third-order valence-electron chi connectivity index (χ3n) is 5.18. The number of halogens is 4. The number of ether oxygens (including phenoxy) is 1. The molecular weight excluding hydrogens is 629 g/mol. The van der Waals surface area contributed by atoms with Crippen LogP contribution in [0.15, 0.2) is 94.5 Å². The van der Waals surface area contributed by atoms with Crippen molar-refractivity contribution in [3.8, 4) is 5.75 Å². The molecule has 0 aromatic heterocycles. The monoisotopic (exact) mass is 643 g/mol. The van der Waals surface area contributed by atoms with Gasteiger partial charge in [-0.3, -0.25) is 9.59 Å². The molecule has 0 heterocycles. The molecule has 196 valence electrons. The molecule has 0 bridgehead atoms. The molecule has 0 fully saturated rings. The van der Waals surface area contributed by atoms with Crippen molar-refractivity contribution in [1.82, 2.24) is 5.43 Å². The summed E-state index contributed by atoms with van der Waals surface area (Å²) in [6.45, 7) is 0. The van der Waals surface area contributed by atoms with E-state index < -0.39 is 11.9 Å². The van der Waals surface area contributed by atoms with Gasteiger partial charge in [-0.2, -0.15) is 5.10 Å². The Kier molecular flexibility index (Phi) is 9.37. The van der Waals surface area contributed by atoms with E-state index in [1.807, 2.05) is 0 Å². The lowest BCUT2D eigenvalue weighted by Crippen LogP contribution is -2.18. The maximum atomic E-state index is 12.7. The van der Waals surface area contributed by atoms with E-state index in [1.54, 1.807) is 60.7 Å². The zero-order valence-electron chi connectivity index (χ0n) is 19.8. The summed E-state index contributed by atoms with van der Waals surface area (Å²) >= 11 is 21.2. The molecule has 4 rings (SSSR count). The first-order valence-corrected chi connectivity index (χ1v) is 13.1. The molecule has 2 N–H and O–H groups in total. The minimum absolute atomic E-state index is 0.142. The van der Waals surface area contributed by atoms with Gasteiger partial charge in [-0.05, 0) is 78.9 Å². The molecule has 0 unspecified atom stereocenters. The van der Waals surface area contributed by atoms with E-state index in [9.17, 15) is 14.4 Å². The van der Waals surface area contributed by atoms with Crippen molar-refractivity contribution < 1.29 is 19.1 Å². The smallest absolute Gasteiger partial charge is 0.345 e. The number of hydrogen-bond donors (Lipinski definition) is 2. The molecule has 0 atom stereocenters. The van der Waals surface area contributed by atoms with Crippen molar-refractivity contribution in [3.63, 3.8) is 0 Å². The van der Waals surface area contributed by atoms with Crippen LogP contribution in [0.25, 0.3) is 0 Å². The average molecular weight is 646 g/mol. The van der Waals surface area contributed by atoms with Gasteiger partial charge in [0.25, 0.3) is 11.8 Å². The SMILES string of the molecule is O=C(NN=Cc1cc(Br)ccc1OC(=O)c1ccc(Cl)cc1Cl)c1cccc(NC(=O)c2ccc(Cl)cc2)c1. The Morgan fingerprint density at radius 3 is 2.28 bits per heavy atom. The summed E-state index contributed by atoms with van der Waals surface area (Å²) in [5.41, 5.74) is 4.08. The van der Waals surface area contributed by atoms with E-state index in [0.717, 1.165) is 0 Å². The Labute approximate surface area is 246 Å². The summed E-state index contributed by atoms with van der Waals surface area (Å²) in [5.74, 6) is -1.36. The van der Waals surface area contributed by atoms with Crippen LogP contribution in [0.2, 0.25) is 15.1 Å². The molecule has 0 aliphatic heterocycles. The van der Waals surface area contributed by atoms with Gasteiger partial charge < -0.3 is 10.1 Å². The lowest BCUT2D eigenvalue weighted by molar-refractivity contribution is 0.0734. The van der Waals surface area contributed by atoms with Crippen LogP contribution >= 0.6 is 50.7 Å². The summed E-state index contributed by atoms with van der Waals surface area (Å²) in [4.78, 5) is 37.8. The van der Waals surface area contributed by atoms with E-state index >= 15 is 0 Å². The van der Waals surface area contributed by atoms with Gasteiger partial charge in [0.15, 0.2) is 0 Å². The summed E-state index contributed by atoms with van der Waals surface area (Å²) in [5, 5.41) is 7.79. The van der Waals surface area contributed by atoms with Crippen LogP contribution in [-0.2, 0) is 0 Å². The van der Waals surface area contributed by atoms with Crippen LogP contribution in [-0.4, -0.2) is 24.0 Å². The van der Waals surface area contributed by atoms with E-state index in [2.05, 4.69) is 31.8 Å². The second-order valence-electron chi connectivity index (χ2n) is 7.94. The molecule has 4 aromatic rings. The summed E-state index contributed by atoms with van der Waals surface area (Å²) < 4.78 is 6.20. The fraction of sp³-hybridized carbons (Fsp3) is 0. The van der Waals surface area contributed by atoms with Crippen molar-refractivity contribution in [1.29, 1.82) is 0 Å². The van der Waals surface area contributed by atoms with Gasteiger partial charge in [0.1, 0.15) is 5.75 Å². The molecule has 0 radical (unpaired) electrons. The first-order chi connectivity index (χ1) is 18.7. The highest BCUT2D eigenvalue weighted by Gasteiger charge is 2.15. The zero-order valence-corrected chi connectivity index (χ0v) is 23.6. The number of hydrazone groups is 1. The third kappa shape index (κ3) is 7.68. The molecule has 2 amide bonds. The minimum Gasteiger partial charge on any atom is -0.422 e. The number of amides is 2. The van der Waals surface area contributed by atoms with Gasteiger partial charge >= 0.3 is 5.97 Å². The highest BCUT2D eigenvalue weighted by molar-refractivity contribution is 9.10. The van der Waals surface area contributed by atoms with Crippen LogP contribution in [0, 0.1) is 0 Å². The van der Waals surface area contributed by atoms with Crippen LogP contribution in [0.1, 0.15) is 36.6 Å². The fourth-order valence-electron chi connectivity index (χ4n) is 3.29. The molecule has 11 heteroatoms. The number of esters is 1. The standard InChI is InChI=1S/C28H17BrCl3N3O4/c29-19-6-11-25(39-28(38)23-10-9-21(31)14-24(23)32)18(12-19)15-33-35-27(37)17-2-1-3-22(13-17)34-26(36)16-4-7-20(30)8-5-16/h1-15H,(H,34,36)(H,35,37). The van der Waals surface area contributed by atoms with Crippen LogP contribution in [0.3, 0.4) is 0 Å². The Hall–Kier alpha value is -3.69. The van der Waals surface area contributed by atoms with Gasteiger partial charge in [-0.1, -0.05) is 56.8 Å². The second kappa shape index (κ2) is 12.9. The molecule has 0 aliphatic carbocycles. The van der Waals surface area contributed by atoms with Gasteiger partial charge in [0.2, 0.25) is 0 Å². The van der Waals surface area contributed by atoms with Gasteiger partial charge in [0.05, 0.1) is 16.8 Å². The van der Waals surface area contributed by atoms with Crippen molar-refractivity contribution in [3.05, 3.63) is 127 Å². The fourth-order valence-corrected chi connectivity index (χ4v) is 4.28. The number of carbonyl (C=O) groups excluding carboxylic acids is 3. The molecule has 0 saturated carbocycles. The summed E-state index contributed by atoms with van der Waals surface area (Å²) in [6.07, 6.45) is 1.33. The predicted molar refractivity (Wildman–Crippen MR) is 156 cm³/mol. The van der Waals surface area contributed by atoms with Crippen molar-refractivity contribution in [2.45, 2.75) is 0 Å². The van der Waals surface area contributed by atoms with E-state index in [0.29, 0.717) is 31.3 Å². The van der Waals surface area contributed by atoms with E-state index in [1.165, 1.54) is 30.5 Å². The Morgan fingerprint density at radius 2 is 1.54 bits per heavy atom. The van der Waals surface area contributed by atoms with Gasteiger partial charge in [-0.25, -0.2) is 10.2 Å². The second-order valence-corrected chi connectivity index (χ2v) is 10.1. The Morgan fingerprint density at radius 1 is 0.795 bits per heavy atom. The topological polar surface area (TPSA) is 96.9 Å². The zero-order chi connectivity index (χ0) is 27.9. The number of benzene rings is 4. The summed E-state index contributed by atoms with van der Waals surface area (Å²) in [6, 6.07) is 22.2. The normalized spacial score (nSPS) is 10.8. The van der Waals surface area contributed by atoms with Crippen LogP contribution in [0.5, 0.6) is 5.75 Å². The molecule has 0 spiro atoms. The number of hydrogen-bond acceptors (Lipinski definition) is 5. The number of nitrogens with one attached hydrogen (secondary N) is 2. The number of rotatable bonds is 7.